The summed E-state index contributed by atoms with van der Waals surface area (Å²) in [5.74, 6) is 0.446. The topological polar surface area (TPSA) is 97.2 Å². The second-order valence-corrected chi connectivity index (χ2v) is 9.54. The number of pyridine rings is 1. The fraction of sp³-hybridized carbons (Fsp3) is 0.214. The van der Waals surface area contributed by atoms with Gasteiger partial charge in [-0.15, -0.1) is 0 Å². The quantitative estimate of drug-likeness (QED) is 0.219. The molecule has 2 aromatic heterocycles. The smallest absolute Gasteiger partial charge is 0.234 e. The number of aromatic nitrogens is 3. The average Bonchev–Trinajstić information content (AvgIpc) is 2.91. The summed E-state index contributed by atoms with van der Waals surface area (Å²) in [4.78, 5) is 26.4. The minimum atomic E-state index is -0.455. The molecule has 37 heavy (non-hydrogen) atoms. The zero-order valence-electron chi connectivity index (χ0n) is 20.4. The Morgan fingerprint density at radius 3 is 2.68 bits per heavy atom. The number of para-hydroxylation sites is 1. The van der Waals surface area contributed by atoms with Crippen molar-refractivity contribution < 1.29 is 19.0 Å². The summed E-state index contributed by atoms with van der Waals surface area (Å²) >= 11 is 1.24. The molecular weight excluding hydrogens is 491 g/mol. The van der Waals surface area contributed by atoms with Gasteiger partial charge in [-0.3, -0.25) is 9.78 Å². The number of fused-ring (bicyclic) bond motifs is 2. The third-order valence-corrected chi connectivity index (χ3v) is 7.20. The van der Waals surface area contributed by atoms with Crippen molar-refractivity contribution in [2.24, 2.45) is 0 Å². The number of amides is 1. The first-order valence-electron chi connectivity index (χ1n) is 11.9. The van der Waals surface area contributed by atoms with Crippen LogP contribution in [0.25, 0.3) is 11.4 Å². The first-order valence-corrected chi connectivity index (χ1v) is 12.9. The van der Waals surface area contributed by atoms with E-state index in [1.807, 2.05) is 38.1 Å². The molecule has 0 spiro atoms. The van der Waals surface area contributed by atoms with Crippen molar-refractivity contribution in [1.29, 1.82) is 0 Å². The largest absolute Gasteiger partial charge is 0.436 e. The van der Waals surface area contributed by atoms with E-state index < -0.39 is 5.82 Å². The lowest BCUT2D eigenvalue weighted by molar-refractivity contribution is -0.113. The van der Waals surface area contributed by atoms with Gasteiger partial charge in [-0.05, 0) is 37.1 Å². The molecule has 0 unspecified atom stereocenters. The van der Waals surface area contributed by atoms with E-state index in [1.165, 1.54) is 17.8 Å². The average molecular weight is 517 g/mol. The Balaban J connectivity index is 1.50. The van der Waals surface area contributed by atoms with Crippen molar-refractivity contribution in [2.75, 3.05) is 11.1 Å². The summed E-state index contributed by atoms with van der Waals surface area (Å²) in [7, 11) is 0. The van der Waals surface area contributed by atoms with Crippen LogP contribution in [-0.4, -0.2) is 31.7 Å². The van der Waals surface area contributed by atoms with Crippen molar-refractivity contribution in [3.05, 3.63) is 88.5 Å². The third-order valence-electron chi connectivity index (χ3n) is 6.19. The zero-order chi connectivity index (χ0) is 25.9. The lowest BCUT2D eigenvalue weighted by Crippen LogP contribution is -2.17. The number of carbonyl (C=O) groups is 1. The van der Waals surface area contributed by atoms with Gasteiger partial charge in [0.05, 0.1) is 29.2 Å². The number of rotatable bonds is 7. The van der Waals surface area contributed by atoms with E-state index in [-0.39, 0.29) is 29.7 Å². The molecule has 0 radical (unpaired) electrons. The fourth-order valence-corrected chi connectivity index (χ4v) is 5.07. The maximum atomic E-state index is 14.6. The van der Waals surface area contributed by atoms with Crippen LogP contribution in [0.2, 0.25) is 0 Å². The number of aliphatic hydroxyl groups excluding tert-OH is 1. The molecule has 1 aliphatic rings. The Morgan fingerprint density at radius 1 is 1.11 bits per heavy atom. The van der Waals surface area contributed by atoms with Crippen molar-refractivity contribution >= 4 is 23.4 Å². The predicted octanol–water partition coefficient (Wildman–Crippen LogP) is 5.47. The molecule has 0 aliphatic carbocycles. The second-order valence-electron chi connectivity index (χ2n) is 8.58. The van der Waals surface area contributed by atoms with Crippen LogP contribution < -0.4 is 10.1 Å². The number of halogens is 1. The van der Waals surface area contributed by atoms with Gasteiger partial charge < -0.3 is 15.2 Å². The maximum Gasteiger partial charge on any atom is 0.234 e. The monoisotopic (exact) mass is 516 g/mol. The molecule has 3 heterocycles. The highest BCUT2D eigenvalue weighted by atomic mass is 32.2. The minimum absolute atomic E-state index is 0.0906. The Kier molecular flexibility index (Phi) is 7.16. The fourth-order valence-electron chi connectivity index (χ4n) is 4.25. The van der Waals surface area contributed by atoms with Crippen LogP contribution in [0.4, 0.5) is 10.1 Å². The van der Waals surface area contributed by atoms with E-state index in [1.54, 1.807) is 24.4 Å². The number of thioether (sulfide) groups is 1. The molecule has 0 saturated carbocycles. The normalized spacial score (nSPS) is 11.9. The van der Waals surface area contributed by atoms with Crippen LogP contribution in [0.3, 0.4) is 0 Å². The summed E-state index contributed by atoms with van der Waals surface area (Å²) in [6.45, 7) is 3.66. The third kappa shape index (κ3) is 5.05. The number of nitrogens with zero attached hydrogens (tertiary/aromatic N) is 3. The molecule has 2 aromatic carbocycles. The van der Waals surface area contributed by atoms with E-state index in [2.05, 4.69) is 20.3 Å². The van der Waals surface area contributed by atoms with E-state index in [0.29, 0.717) is 39.9 Å². The number of hydrogen-bond donors (Lipinski definition) is 2. The first-order chi connectivity index (χ1) is 18.0. The van der Waals surface area contributed by atoms with E-state index >= 15 is 0 Å². The number of anilines is 1. The minimum Gasteiger partial charge on any atom is -0.436 e. The highest BCUT2D eigenvalue weighted by Gasteiger charge is 2.28. The van der Waals surface area contributed by atoms with Crippen LogP contribution >= 0.6 is 11.8 Å². The lowest BCUT2D eigenvalue weighted by atomic mass is 9.99. The first kappa shape index (κ1) is 24.9. The van der Waals surface area contributed by atoms with Crippen LogP contribution in [-0.2, 0) is 24.2 Å². The number of hydrogen-bond acceptors (Lipinski definition) is 7. The van der Waals surface area contributed by atoms with E-state index in [4.69, 9.17) is 4.74 Å². The highest BCUT2D eigenvalue weighted by molar-refractivity contribution is 8.00. The van der Waals surface area contributed by atoms with Gasteiger partial charge in [0.15, 0.2) is 11.6 Å². The van der Waals surface area contributed by atoms with Gasteiger partial charge >= 0.3 is 0 Å². The van der Waals surface area contributed by atoms with Gasteiger partial charge in [0.1, 0.15) is 10.8 Å². The SMILES string of the molecule is CCc1ccccc1NC(=O)CSc1nc(-c2ccccc2F)nc2c1Cc1c(CO)cnc(C)c1O2. The summed E-state index contributed by atoms with van der Waals surface area (Å²) < 4.78 is 20.8. The van der Waals surface area contributed by atoms with E-state index in [0.717, 1.165) is 23.2 Å². The highest BCUT2D eigenvalue weighted by Crippen LogP contribution is 2.42. The molecule has 188 valence electrons. The zero-order valence-corrected chi connectivity index (χ0v) is 21.2. The Bertz CT molecular complexity index is 1490. The molecule has 5 rings (SSSR count). The Hall–Kier alpha value is -3.82. The van der Waals surface area contributed by atoms with Crippen LogP contribution in [0.5, 0.6) is 11.6 Å². The molecule has 2 N–H and O–H groups in total. The summed E-state index contributed by atoms with van der Waals surface area (Å²) in [5.41, 5.74) is 4.85. The predicted molar refractivity (Wildman–Crippen MR) is 140 cm³/mol. The van der Waals surface area contributed by atoms with Crippen molar-refractivity contribution in [3.8, 4) is 23.0 Å². The number of nitrogens with one attached hydrogen (secondary N) is 1. The van der Waals surface area contributed by atoms with Gasteiger partial charge in [0.2, 0.25) is 11.8 Å². The van der Waals surface area contributed by atoms with Crippen molar-refractivity contribution in [2.45, 2.75) is 38.3 Å². The van der Waals surface area contributed by atoms with Crippen LogP contribution in [0.1, 0.15) is 34.9 Å². The molecule has 0 atom stereocenters. The molecule has 9 heteroatoms. The van der Waals surface area contributed by atoms with Crippen molar-refractivity contribution in [3.63, 3.8) is 0 Å². The molecular formula is C28H25FN4O3S. The van der Waals surface area contributed by atoms with E-state index in [9.17, 15) is 14.3 Å². The summed E-state index contributed by atoms with van der Waals surface area (Å²) in [6.07, 6.45) is 2.82. The maximum absolute atomic E-state index is 14.6. The Labute approximate surface area is 218 Å². The second kappa shape index (κ2) is 10.7. The number of aliphatic hydroxyl groups is 1. The van der Waals surface area contributed by atoms with Crippen LogP contribution in [0.15, 0.2) is 59.8 Å². The standard InChI is InChI=1S/C28H25FN4O3S/c1-3-17-8-4-7-11-23(17)31-24(35)15-37-28-21-12-20-18(14-34)13-30-16(2)25(20)36-27(21)32-26(33-28)19-9-5-6-10-22(19)29/h4-11,13,34H,3,12,14-15H2,1-2H3,(H,31,35). The lowest BCUT2D eigenvalue weighted by Gasteiger charge is -2.24. The number of ether oxygens (including phenoxy) is 1. The molecule has 1 amide bonds. The van der Waals surface area contributed by atoms with Gasteiger partial charge in [-0.25, -0.2) is 9.37 Å². The summed E-state index contributed by atoms with van der Waals surface area (Å²) in [6, 6.07) is 13.9. The number of carbonyl (C=O) groups excluding carboxylic acids is 1. The van der Waals surface area contributed by atoms with Gasteiger partial charge in [0, 0.05) is 29.4 Å². The van der Waals surface area contributed by atoms with Gasteiger partial charge in [0.25, 0.3) is 0 Å². The molecule has 1 aliphatic heterocycles. The number of benzene rings is 2. The molecule has 0 fully saturated rings. The van der Waals surface area contributed by atoms with Crippen LogP contribution in [0, 0.1) is 12.7 Å². The van der Waals surface area contributed by atoms with Crippen molar-refractivity contribution in [1.82, 2.24) is 15.0 Å². The number of aryl methyl sites for hydroxylation is 2. The molecule has 0 bridgehead atoms. The molecule has 4 aromatic rings. The van der Waals surface area contributed by atoms with Gasteiger partial charge in [-0.1, -0.05) is 49.0 Å². The Morgan fingerprint density at radius 2 is 1.89 bits per heavy atom. The van der Waals surface area contributed by atoms with Gasteiger partial charge in [-0.2, -0.15) is 4.98 Å². The molecule has 0 saturated heterocycles. The molecule has 7 nitrogen and oxygen atoms in total. The summed E-state index contributed by atoms with van der Waals surface area (Å²) in [5, 5.41) is 13.3.